The van der Waals surface area contributed by atoms with E-state index in [9.17, 15) is 19.4 Å². The summed E-state index contributed by atoms with van der Waals surface area (Å²) in [6.07, 6.45) is 1.34. The first-order chi connectivity index (χ1) is 16.0. The third kappa shape index (κ3) is 3.54. The van der Waals surface area contributed by atoms with Gasteiger partial charge in [0.2, 0.25) is 0 Å². The summed E-state index contributed by atoms with van der Waals surface area (Å²) < 4.78 is 36.7. The summed E-state index contributed by atoms with van der Waals surface area (Å²) in [4.78, 5) is 11.6. The third-order valence-electron chi connectivity index (χ3n) is 6.20. The number of ether oxygens (including phenoxy) is 1. The molecule has 1 fully saturated rings. The lowest BCUT2D eigenvalue weighted by atomic mass is 9.89. The Labute approximate surface area is 188 Å². The predicted octanol–water partition coefficient (Wildman–Crippen LogP) is 5.87. The summed E-state index contributed by atoms with van der Waals surface area (Å²) in [5.41, 5.74) is 2.13. The van der Waals surface area contributed by atoms with Crippen molar-refractivity contribution in [2.75, 3.05) is 13.2 Å². The van der Waals surface area contributed by atoms with Crippen LogP contribution in [0.15, 0.2) is 60.7 Å². The Balaban J connectivity index is 1.92. The van der Waals surface area contributed by atoms with Crippen LogP contribution in [0.25, 0.3) is 27.7 Å². The van der Waals surface area contributed by atoms with Crippen LogP contribution in [0.4, 0.5) is 8.78 Å². The molecule has 33 heavy (non-hydrogen) atoms. The van der Waals surface area contributed by atoms with Gasteiger partial charge in [-0.25, -0.2) is 13.6 Å². The summed E-state index contributed by atoms with van der Waals surface area (Å²) in [6, 6.07) is 15.2. The van der Waals surface area contributed by atoms with Crippen LogP contribution in [0.1, 0.15) is 34.8 Å². The number of carboxylic acids is 1. The van der Waals surface area contributed by atoms with E-state index >= 15 is 4.39 Å². The highest BCUT2D eigenvalue weighted by Gasteiger charge is 2.31. The molecule has 2 heterocycles. The minimum Gasteiger partial charge on any atom is -0.507 e. The molecule has 1 aromatic heterocycles. The molecule has 5 nitrogen and oxygen atoms in total. The third-order valence-corrected chi connectivity index (χ3v) is 6.20. The number of nitrogens with zero attached hydrogens (tertiary/aromatic N) is 1. The van der Waals surface area contributed by atoms with E-state index in [1.165, 1.54) is 36.4 Å². The zero-order valence-corrected chi connectivity index (χ0v) is 17.6. The zero-order valence-electron chi connectivity index (χ0n) is 17.6. The highest BCUT2D eigenvalue weighted by Crippen LogP contribution is 2.47. The number of carboxylic acid groups (broad SMARTS) is 1. The van der Waals surface area contributed by atoms with Gasteiger partial charge < -0.3 is 19.5 Å². The number of aromatic hydroxyl groups is 1. The summed E-state index contributed by atoms with van der Waals surface area (Å²) in [7, 11) is 0. The number of carbonyl (C=O) groups is 1. The van der Waals surface area contributed by atoms with Crippen LogP contribution in [0.2, 0.25) is 0 Å². The van der Waals surface area contributed by atoms with Crippen molar-refractivity contribution in [2.45, 2.75) is 18.8 Å². The molecular formula is C26H21F2NO4. The van der Waals surface area contributed by atoms with Crippen LogP contribution >= 0.6 is 0 Å². The molecule has 0 atom stereocenters. The number of phenolic OH excluding ortho intramolecular Hbond substituents is 1. The second kappa shape index (κ2) is 8.33. The Hall–Kier alpha value is -3.71. The van der Waals surface area contributed by atoms with Crippen molar-refractivity contribution in [2.24, 2.45) is 0 Å². The number of aromatic carboxylic acids is 1. The van der Waals surface area contributed by atoms with Crippen LogP contribution in [0.5, 0.6) is 5.75 Å². The highest BCUT2D eigenvalue weighted by molar-refractivity contribution is 6.04. The van der Waals surface area contributed by atoms with E-state index in [-0.39, 0.29) is 23.0 Å². The number of rotatable bonds is 4. The van der Waals surface area contributed by atoms with Gasteiger partial charge in [-0.2, -0.15) is 0 Å². The van der Waals surface area contributed by atoms with Gasteiger partial charge in [0, 0.05) is 41.6 Å². The largest absolute Gasteiger partial charge is 0.507 e. The molecule has 3 aromatic carbocycles. The molecular weight excluding hydrogens is 428 g/mol. The van der Waals surface area contributed by atoms with Gasteiger partial charge in [0.05, 0.1) is 16.5 Å². The Morgan fingerprint density at radius 2 is 1.67 bits per heavy atom. The second-order valence-corrected chi connectivity index (χ2v) is 8.10. The quantitative estimate of drug-likeness (QED) is 0.409. The van der Waals surface area contributed by atoms with E-state index in [1.54, 1.807) is 18.2 Å². The molecule has 2 N–H and O–H groups in total. The van der Waals surface area contributed by atoms with Gasteiger partial charge in [-0.3, -0.25) is 0 Å². The first-order valence-corrected chi connectivity index (χ1v) is 10.7. The molecule has 168 valence electrons. The molecule has 0 amide bonds. The average Bonchev–Trinajstić information content (AvgIpc) is 3.16. The van der Waals surface area contributed by atoms with Crippen LogP contribution in [0, 0.1) is 11.6 Å². The van der Waals surface area contributed by atoms with Crippen LogP contribution in [-0.4, -0.2) is 34.0 Å². The minimum atomic E-state index is -1.37. The van der Waals surface area contributed by atoms with Crippen molar-refractivity contribution in [3.05, 3.63) is 83.6 Å². The maximum absolute atomic E-state index is 15.5. The van der Waals surface area contributed by atoms with E-state index in [0.717, 1.165) is 5.69 Å². The topological polar surface area (TPSA) is 71.7 Å². The summed E-state index contributed by atoms with van der Waals surface area (Å²) >= 11 is 0. The maximum Gasteiger partial charge on any atom is 0.338 e. The monoisotopic (exact) mass is 449 g/mol. The normalized spacial score (nSPS) is 14.6. The van der Waals surface area contributed by atoms with Gasteiger partial charge in [0.1, 0.15) is 17.4 Å². The van der Waals surface area contributed by atoms with Gasteiger partial charge in [-0.15, -0.1) is 0 Å². The second-order valence-electron chi connectivity index (χ2n) is 8.10. The fourth-order valence-electron chi connectivity index (χ4n) is 4.73. The van der Waals surface area contributed by atoms with Crippen molar-refractivity contribution in [3.63, 3.8) is 0 Å². The van der Waals surface area contributed by atoms with Crippen LogP contribution < -0.4 is 0 Å². The van der Waals surface area contributed by atoms with E-state index in [2.05, 4.69) is 0 Å². The minimum absolute atomic E-state index is 0.0431. The molecule has 4 aromatic rings. The molecule has 1 aliphatic heterocycles. The molecule has 5 rings (SSSR count). The summed E-state index contributed by atoms with van der Waals surface area (Å²) in [5.74, 6) is -2.70. The number of hydrogen-bond donors (Lipinski definition) is 2. The Bertz CT molecular complexity index is 1360. The van der Waals surface area contributed by atoms with Crippen molar-refractivity contribution in [3.8, 4) is 22.6 Å². The van der Waals surface area contributed by atoms with E-state index in [0.29, 0.717) is 48.2 Å². The number of fused-ring (bicyclic) bond motifs is 1. The first kappa shape index (κ1) is 21.2. The summed E-state index contributed by atoms with van der Waals surface area (Å²) in [5, 5.41) is 20.8. The molecule has 0 aliphatic carbocycles. The van der Waals surface area contributed by atoms with Crippen molar-refractivity contribution in [1.29, 1.82) is 0 Å². The van der Waals surface area contributed by atoms with Gasteiger partial charge >= 0.3 is 5.97 Å². The lowest BCUT2D eigenvalue weighted by Crippen LogP contribution is -2.17. The lowest BCUT2D eigenvalue weighted by molar-refractivity contribution is 0.0692. The van der Waals surface area contributed by atoms with E-state index < -0.39 is 17.3 Å². The highest BCUT2D eigenvalue weighted by atomic mass is 19.1. The molecule has 7 heteroatoms. The number of benzene rings is 3. The van der Waals surface area contributed by atoms with E-state index in [1.807, 2.05) is 10.6 Å². The van der Waals surface area contributed by atoms with Crippen molar-refractivity contribution in [1.82, 2.24) is 4.57 Å². The van der Waals surface area contributed by atoms with Gasteiger partial charge in [-0.1, -0.05) is 18.2 Å². The molecule has 1 saturated heterocycles. The fraction of sp³-hybridized carbons (Fsp3) is 0.192. The SMILES string of the molecule is O=C(O)c1cccc(-c2c(C3CCOCC3)n(-c3ccc(F)cc3)c3cccc(O)c23)c1F. The Kier molecular flexibility index (Phi) is 5.34. The van der Waals surface area contributed by atoms with Crippen LogP contribution in [0.3, 0.4) is 0 Å². The Morgan fingerprint density at radius 1 is 0.970 bits per heavy atom. The predicted molar refractivity (Wildman–Crippen MR) is 120 cm³/mol. The van der Waals surface area contributed by atoms with Crippen molar-refractivity contribution >= 4 is 16.9 Å². The zero-order chi connectivity index (χ0) is 23.1. The molecule has 0 saturated carbocycles. The number of aromatic nitrogens is 1. The molecule has 0 unspecified atom stereocenters. The molecule has 0 bridgehead atoms. The van der Waals surface area contributed by atoms with E-state index in [4.69, 9.17) is 4.74 Å². The molecule has 0 radical (unpaired) electrons. The van der Waals surface area contributed by atoms with Crippen molar-refractivity contribution < 1.29 is 28.5 Å². The maximum atomic E-state index is 15.5. The standard InChI is InChI=1S/C26H21F2NO4/c27-16-7-9-17(10-8-16)29-20-5-2-6-21(30)23(20)22(25(29)15-11-13-33-14-12-15)18-3-1-4-19(24(18)28)26(31)32/h1-10,15,30H,11-14H2,(H,31,32). The Morgan fingerprint density at radius 3 is 2.36 bits per heavy atom. The molecule has 0 spiro atoms. The number of phenols is 1. The van der Waals surface area contributed by atoms with Gasteiger partial charge in [-0.05, 0) is 55.3 Å². The molecule has 1 aliphatic rings. The summed E-state index contributed by atoms with van der Waals surface area (Å²) in [6.45, 7) is 1.05. The van der Waals surface area contributed by atoms with Gasteiger partial charge in [0.15, 0.2) is 0 Å². The van der Waals surface area contributed by atoms with Gasteiger partial charge in [0.25, 0.3) is 0 Å². The number of halogens is 2. The number of hydrogen-bond acceptors (Lipinski definition) is 3. The smallest absolute Gasteiger partial charge is 0.338 e. The fourth-order valence-corrected chi connectivity index (χ4v) is 4.73. The van der Waals surface area contributed by atoms with Crippen LogP contribution in [-0.2, 0) is 4.74 Å². The lowest BCUT2D eigenvalue weighted by Gasteiger charge is -2.26. The first-order valence-electron chi connectivity index (χ1n) is 10.7. The average molecular weight is 449 g/mol.